The summed E-state index contributed by atoms with van der Waals surface area (Å²) in [5.41, 5.74) is 0. The van der Waals surface area contributed by atoms with Crippen LogP contribution in [-0.2, 0) is 4.79 Å². The van der Waals surface area contributed by atoms with Crippen LogP contribution in [0.1, 0.15) is 39.0 Å². The lowest BCUT2D eigenvalue weighted by molar-refractivity contribution is -0.137. The van der Waals surface area contributed by atoms with Crippen LogP contribution >= 0.6 is 11.8 Å². The van der Waals surface area contributed by atoms with Crippen molar-refractivity contribution >= 4 is 23.8 Å². The molecule has 19 heavy (non-hydrogen) atoms. The molecule has 0 radical (unpaired) electrons. The highest BCUT2D eigenvalue weighted by Crippen LogP contribution is 2.37. The Bertz CT molecular complexity index is 352. The number of aliphatic carboxylic acids is 1. The Kier molecular flexibility index (Phi) is 4.60. The van der Waals surface area contributed by atoms with Crippen molar-refractivity contribution in [2.24, 2.45) is 5.92 Å². The molecule has 0 spiro atoms. The Morgan fingerprint density at radius 1 is 1.47 bits per heavy atom. The molecule has 6 heteroatoms. The largest absolute Gasteiger partial charge is 0.481 e. The Morgan fingerprint density at radius 3 is 2.74 bits per heavy atom. The van der Waals surface area contributed by atoms with Crippen LogP contribution in [0, 0.1) is 5.92 Å². The molecular formula is C13H22N2O3S. The average molecular weight is 286 g/mol. The quantitative estimate of drug-likeness (QED) is 0.696. The molecule has 2 fully saturated rings. The molecular weight excluding hydrogens is 264 g/mol. The topological polar surface area (TPSA) is 78.4 Å². The molecule has 2 rings (SSSR count). The first-order valence-corrected chi connectivity index (χ1v) is 7.87. The van der Waals surface area contributed by atoms with Crippen molar-refractivity contribution in [3.8, 4) is 0 Å². The zero-order valence-electron chi connectivity index (χ0n) is 11.3. The summed E-state index contributed by atoms with van der Waals surface area (Å²) in [5, 5.41) is 14.5. The first-order chi connectivity index (χ1) is 8.98. The second-order valence-electron chi connectivity index (χ2n) is 5.77. The Hall–Kier alpha value is -0.910. The molecule has 2 amide bonds. The zero-order valence-corrected chi connectivity index (χ0v) is 12.1. The molecule has 2 atom stereocenters. The van der Waals surface area contributed by atoms with E-state index >= 15 is 0 Å². The van der Waals surface area contributed by atoms with E-state index < -0.39 is 5.97 Å². The third-order valence-electron chi connectivity index (χ3n) is 3.83. The number of carbonyl (C=O) groups is 2. The average Bonchev–Trinajstić information content (AvgIpc) is 3.09. The lowest BCUT2D eigenvalue weighted by Gasteiger charge is -2.24. The second kappa shape index (κ2) is 6.03. The number of thioether (sulfide) groups is 1. The smallest absolute Gasteiger partial charge is 0.315 e. The van der Waals surface area contributed by atoms with Gasteiger partial charge in [0.15, 0.2) is 0 Å². The summed E-state index contributed by atoms with van der Waals surface area (Å²) in [6.45, 7) is 2.81. The molecule has 0 bridgehead atoms. The molecule has 1 saturated carbocycles. The van der Waals surface area contributed by atoms with Gasteiger partial charge in [-0.25, -0.2) is 4.79 Å². The minimum Gasteiger partial charge on any atom is -0.481 e. The maximum atomic E-state index is 11.8. The zero-order chi connectivity index (χ0) is 13.9. The highest BCUT2D eigenvalue weighted by atomic mass is 32.2. The summed E-state index contributed by atoms with van der Waals surface area (Å²) >= 11 is 1.90. The van der Waals surface area contributed by atoms with Crippen molar-refractivity contribution < 1.29 is 14.7 Å². The summed E-state index contributed by atoms with van der Waals surface area (Å²) in [5.74, 6) is 0.651. The number of nitrogens with one attached hydrogen (secondary N) is 2. The fourth-order valence-corrected chi connectivity index (χ4v) is 3.73. The van der Waals surface area contributed by atoms with E-state index in [2.05, 4.69) is 17.6 Å². The van der Waals surface area contributed by atoms with Gasteiger partial charge < -0.3 is 15.7 Å². The minimum absolute atomic E-state index is 0.0180. The van der Waals surface area contributed by atoms with Gasteiger partial charge in [0, 0.05) is 17.3 Å². The molecule has 108 valence electrons. The van der Waals surface area contributed by atoms with Gasteiger partial charge in [-0.2, -0.15) is 11.8 Å². The van der Waals surface area contributed by atoms with E-state index in [1.54, 1.807) is 0 Å². The van der Waals surface area contributed by atoms with Crippen LogP contribution in [0.3, 0.4) is 0 Å². The Balaban J connectivity index is 1.74. The summed E-state index contributed by atoms with van der Waals surface area (Å²) in [6, 6.07) is -0.451. The Morgan fingerprint density at radius 2 is 2.21 bits per heavy atom. The van der Waals surface area contributed by atoms with E-state index in [9.17, 15) is 9.59 Å². The predicted molar refractivity (Wildman–Crippen MR) is 75.4 cm³/mol. The number of carboxylic acids is 1. The van der Waals surface area contributed by atoms with Crippen molar-refractivity contribution in [3.05, 3.63) is 0 Å². The van der Waals surface area contributed by atoms with Gasteiger partial charge in [-0.15, -0.1) is 0 Å². The van der Waals surface area contributed by atoms with Crippen molar-refractivity contribution in [1.29, 1.82) is 0 Å². The fraction of sp³-hybridized carbons (Fsp3) is 0.846. The molecule has 3 N–H and O–H groups in total. The van der Waals surface area contributed by atoms with E-state index in [0.717, 1.165) is 25.0 Å². The standard InChI is InChI=1S/C13H22N2O3S/c1-13(5-2-6-19-13)8-14-12(18)15-10(7-11(16)17)9-3-4-9/h9-10H,2-8H2,1H3,(H,16,17)(H2,14,15,18). The van der Waals surface area contributed by atoms with Gasteiger partial charge >= 0.3 is 12.0 Å². The van der Waals surface area contributed by atoms with Gasteiger partial charge in [0.2, 0.25) is 0 Å². The predicted octanol–water partition coefficient (Wildman–Crippen LogP) is 1.82. The molecule has 1 heterocycles. The number of carbonyl (C=O) groups excluding carboxylic acids is 1. The van der Waals surface area contributed by atoms with Gasteiger partial charge in [-0.3, -0.25) is 4.79 Å². The third kappa shape index (κ3) is 4.60. The highest BCUT2D eigenvalue weighted by Gasteiger charge is 2.34. The lowest BCUT2D eigenvalue weighted by atomic mass is 10.1. The van der Waals surface area contributed by atoms with Gasteiger partial charge in [0.1, 0.15) is 0 Å². The highest BCUT2D eigenvalue weighted by molar-refractivity contribution is 8.00. The molecule has 1 aliphatic carbocycles. The van der Waals surface area contributed by atoms with E-state index in [1.807, 2.05) is 11.8 Å². The van der Waals surface area contributed by atoms with Crippen molar-refractivity contribution in [1.82, 2.24) is 10.6 Å². The monoisotopic (exact) mass is 286 g/mol. The maximum Gasteiger partial charge on any atom is 0.315 e. The normalized spacial score (nSPS) is 27.8. The van der Waals surface area contributed by atoms with E-state index in [0.29, 0.717) is 12.5 Å². The Labute approximate surface area is 117 Å². The first kappa shape index (κ1) is 14.5. The van der Waals surface area contributed by atoms with Gasteiger partial charge in [0.05, 0.1) is 6.42 Å². The van der Waals surface area contributed by atoms with E-state index in [-0.39, 0.29) is 23.2 Å². The molecule has 0 aromatic rings. The van der Waals surface area contributed by atoms with Crippen LogP contribution < -0.4 is 10.6 Å². The minimum atomic E-state index is -0.851. The number of rotatable bonds is 6. The van der Waals surface area contributed by atoms with Crippen LogP contribution in [0.5, 0.6) is 0 Å². The molecule has 1 saturated heterocycles. The van der Waals surface area contributed by atoms with E-state index in [4.69, 9.17) is 5.11 Å². The summed E-state index contributed by atoms with van der Waals surface area (Å²) < 4.78 is 0.138. The molecule has 0 aromatic heterocycles. The number of urea groups is 1. The number of carboxylic acid groups (broad SMARTS) is 1. The van der Waals surface area contributed by atoms with Crippen molar-refractivity contribution in [2.75, 3.05) is 12.3 Å². The first-order valence-electron chi connectivity index (χ1n) is 6.89. The van der Waals surface area contributed by atoms with Crippen LogP contribution in [0.15, 0.2) is 0 Å². The van der Waals surface area contributed by atoms with Gasteiger partial charge in [0.25, 0.3) is 0 Å². The number of hydrogen-bond acceptors (Lipinski definition) is 3. The van der Waals surface area contributed by atoms with Gasteiger partial charge in [-0.1, -0.05) is 0 Å². The van der Waals surface area contributed by atoms with E-state index in [1.165, 1.54) is 6.42 Å². The van der Waals surface area contributed by atoms with Crippen molar-refractivity contribution in [2.45, 2.75) is 49.8 Å². The van der Waals surface area contributed by atoms with Crippen LogP contribution in [-0.4, -0.2) is 40.2 Å². The van der Waals surface area contributed by atoms with Crippen LogP contribution in [0.2, 0.25) is 0 Å². The molecule has 2 aliphatic rings. The molecule has 0 aromatic carbocycles. The fourth-order valence-electron chi connectivity index (χ4n) is 2.49. The van der Waals surface area contributed by atoms with Crippen LogP contribution in [0.25, 0.3) is 0 Å². The van der Waals surface area contributed by atoms with Crippen LogP contribution in [0.4, 0.5) is 4.79 Å². The molecule has 5 nitrogen and oxygen atoms in total. The number of amides is 2. The maximum absolute atomic E-state index is 11.8. The SMILES string of the molecule is CC1(CNC(=O)NC(CC(=O)O)C2CC2)CCCS1. The third-order valence-corrected chi connectivity index (χ3v) is 5.36. The molecule has 2 unspecified atom stereocenters. The summed E-state index contributed by atoms with van der Waals surface area (Å²) in [7, 11) is 0. The van der Waals surface area contributed by atoms with Crippen molar-refractivity contribution in [3.63, 3.8) is 0 Å². The summed E-state index contributed by atoms with van der Waals surface area (Å²) in [4.78, 5) is 22.6. The van der Waals surface area contributed by atoms with Gasteiger partial charge in [-0.05, 0) is 44.3 Å². The lowest BCUT2D eigenvalue weighted by Crippen LogP contribution is -2.47. The summed E-state index contributed by atoms with van der Waals surface area (Å²) in [6.07, 6.45) is 4.38. The second-order valence-corrected chi connectivity index (χ2v) is 7.45. The molecule has 1 aliphatic heterocycles. The number of hydrogen-bond donors (Lipinski definition) is 3.